The van der Waals surface area contributed by atoms with Gasteiger partial charge in [-0.15, -0.1) is 0 Å². The zero-order chi connectivity index (χ0) is 9.84. The SMILES string of the molecule is N#Cc1cc(NC(N)=S)ccc1I. The molecule has 0 atom stereocenters. The molecule has 1 rings (SSSR count). The summed E-state index contributed by atoms with van der Waals surface area (Å²) in [7, 11) is 0. The second-order valence-electron chi connectivity index (χ2n) is 2.30. The van der Waals surface area contributed by atoms with E-state index in [1.54, 1.807) is 6.07 Å². The summed E-state index contributed by atoms with van der Waals surface area (Å²) in [4.78, 5) is 0. The van der Waals surface area contributed by atoms with E-state index in [0.29, 0.717) is 5.56 Å². The van der Waals surface area contributed by atoms with Gasteiger partial charge in [0.05, 0.1) is 5.56 Å². The molecule has 1 aromatic carbocycles. The Bertz CT molecular complexity index is 383. The first-order valence-corrected chi connectivity index (χ1v) is 4.88. The van der Waals surface area contributed by atoms with Crippen molar-refractivity contribution < 1.29 is 0 Å². The van der Waals surface area contributed by atoms with Crippen molar-refractivity contribution in [1.29, 1.82) is 5.26 Å². The van der Waals surface area contributed by atoms with Crippen LogP contribution in [0.25, 0.3) is 0 Å². The molecule has 66 valence electrons. The van der Waals surface area contributed by atoms with Gasteiger partial charge in [-0.05, 0) is 53.0 Å². The molecule has 1 aromatic rings. The van der Waals surface area contributed by atoms with Crippen molar-refractivity contribution in [3.63, 3.8) is 0 Å². The number of benzene rings is 1. The molecule has 0 aromatic heterocycles. The van der Waals surface area contributed by atoms with Gasteiger partial charge in [-0.2, -0.15) is 5.26 Å². The number of hydrogen-bond donors (Lipinski definition) is 2. The van der Waals surface area contributed by atoms with Gasteiger partial charge in [0, 0.05) is 9.26 Å². The Balaban J connectivity index is 3.01. The van der Waals surface area contributed by atoms with Crippen LogP contribution in [-0.4, -0.2) is 5.11 Å². The van der Waals surface area contributed by atoms with Crippen molar-refractivity contribution in [2.75, 3.05) is 5.32 Å². The third-order valence-electron chi connectivity index (χ3n) is 1.35. The number of hydrogen-bond acceptors (Lipinski definition) is 2. The van der Waals surface area contributed by atoms with E-state index >= 15 is 0 Å². The minimum Gasteiger partial charge on any atom is -0.376 e. The minimum absolute atomic E-state index is 0.199. The molecule has 0 aliphatic carbocycles. The quantitative estimate of drug-likeness (QED) is 0.613. The van der Waals surface area contributed by atoms with E-state index in [0.717, 1.165) is 9.26 Å². The third kappa shape index (κ3) is 2.82. The minimum atomic E-state index is 0.199. The number of anilines is 1. The maximum Gasteiger partial charge on any atom is 0.168 e. The van der Waals surface area contributed by atoms with Gasteiger partial charge in [-0.3, -0.25) is 0 Å². The fourth-order valence-electron chi connectivity index (χ4n) is 0.831. The first-order chi connectivity index (χ1) is 6.13. The van der Waals surface area contributed by atoms with Crippen LogP contribution in [-0.2, 0) is 0 Å². The van der Waals surface area contributed by atoms with Crippen LogP contribution in [0, 0.1) is 14.9 Å². The molecule has 3 nitrogen and oxygen atoms in total. The second kappa shape index (κ2) is 4.39. The number of nitriles is 1. The molecule has 0 heterocycles. The second-order valence-corrected chi connectivity index (χ2v) is 3.90. The van der Waals surface area contributed by atoms with Gasteiger partial charge in [-0.25, -0.2) is 0 Å². The van der Waals surface area contributed by atoms with Crippen LogP contribution in [0.1, 0.15) is 5.56 Å². The highest BCUT2D eigenvalue weighted by atomic mass is 127. The summed E-state index contributed by atoms with van der Waals surface area (Å²) in [6.45, 7) is 0. The smallest absolute Gasteiger partial charge is 0.168 e. The van der Waals surface area contributed by atoms with Gasteiger partial charge in [0.1, 0.15) is 6.07 Å². The van der Waals surface area contributed by atoms with E-state index in [1.165, 1.54) is 0 Å². The van der Waals surface area contributed by atoms with Crippen LogP contribution in [0.2, 0.25) is 0 Å². The molecule has 0 aliphatic heterocycles. The highest BCUT2D eigenvalue weighted by Gasteiger charge is 2.00. The summed E-state index contributed by atoms with van der Waals surface area (Å²) in [6.07, 6.45) is 0. The van der Waals surface area contributed by atoms with E-state index < -0.39 is 0 Å². The predicted octanol–water partition coefficient (Wildman–Crippen LogP) is 1.82. The lowest BCUT2D eigenvalue weighted by Gasteiger charge is -2.04. The number of nitrogens with zero attached hydrogens (tertiary/aromatic N) is 1. The van der Waals surface area contributed by atoms with Gasteiger partial charge < -0.3 is 11.1 Å². The fraction of sp³-hybridized carbons (Fsp3) is 0. The molecule has 0 spiro atoms. The molecule has 0 fully saturated rings. The van der Waals surface area contributed by atoms with E-state index in [9.17, 15) is 0 Å². The van der Waals surface area contributed by atoms with Crippen LogP contribution >= 0.6 is 34.8 Å². The first-order valence-electron chi connectivity index (χ1n) is 3.39. The molecule has 0 saturated heterocycles. The molecular formula is C8H6IN3S. The summed E-state index contributed by atoms with van der Waals surface area (Å²) in [5.74, 6) is 0. The summed E-state index contributed by atoms with van der Waals surface area (Å²) in [5, 5.41) is 11.7. The largest absolute Gasteiger partial charge is 0.376 e. The van der Waals surface area contributed by atoms with Crippen molar-refractivity contribution in [2.24, 2.45) is 5.73 Å². The van der Waals surface area contributed by atoms with Gasteiger partial charge >= 0.3 is 0 Å². The lowest BCUT2D eigenvalue weighted by Crippen LogP contribution is -2.18. The Kier molecular flexibility index (Phi) is 3.45. The summed E-state index contributed by atoms with van der Waals surface area (Å²) in [6, 6.07) is 7.44. The van der Waals surface area contributed by atoms with Crippen molar-refractivity contribution in [2.45, 2.75) is 0 Å². The summed E-state index contributed by atoms with van der Waals surface area (Å²) in [5.41, 5.74) is 6.64. The van der Waals surface area contributed by atoms with Crippen LogP contribution in [0.15, 0.2) is 18.2 Å². The Labute approximate surface area is 95.1 Å². The van der Waals surface area contributed by atoms with Gasteiger partial charge in [0.2, 0.25) is 0 Å². The van der Waals surface area contributed by atoms with E-state index in [4.69, 9.17) is 11.0 Å². The molecule has 0 radical (unpaired) electrons. The zero-order valence-corrected chi connectivity index (χ0v) is 9.52. The highest BCUT2D eigenvalue weighted by Crippen LogP contribution is 2.16. The Morgan fingerprint density at radius 2 is 2.31 bits per heavy atom. The molecule has 0 amide bonds. The third-order valence-corrected chi connectivity index (χ3v) is 2.40. The van der Waals surface area contributed by atoms with E-state index in [-0.39, 0.29) is 5.11 Å². The maximum atomic E-state index is 8.73. The average molecular weight is 303 g/mol. The van der Waals surface area contributed by atoms with Crippen molar-refractivity contribution >= 4 is 45.6 Å². The average Bonchev–Trinajstić information content (AvgIpc) is 2.07. The van der Waals surface area contributed by atoms with Crippen molar-refractivity contribution in [3.05, 3.63) is 27.3 Å². The van der Waals surface area contributed by atoms with Crippen LogP contribution in [0.4, 0.5) is 5.69 Å². The molecule has 0 bridgehead atoms. The van der Waals surface area contributed by atoms with Gasteiger partial charge in [0.15, 0.2) is 5.11 Å². The number of rotatable bonds is 1. The number of nitrogens with one attached hydrogen (secondary N) is 1. The fourth-order valence-corrected chi connectivity index (χ4v) is 1.40. The first kappa shape index (κ1) is 10.2. The standard InChI is InChI=1S/C8H6IN3S/c9-7-2-1-6(12-8(11)13)3-5(7)4-10/h1-3H,(H3,11,12,13). The number of nitrogens with two attached hydrogens (primary N) is 1. The molecule has 0 saturated carbocycles. The molecule has 0 unspecified atom stereocenters. The van der Waals surface area contributed by atoms with Gasteiger partial charge in [0.25, 0.3) is 0 Å². The van der Waals surface area contributed by atoms with Gasteiger partial charge in [-0.1, -0.05) is 0 Å². The van der Waals surface area contributed by atoms with Crippen LogP contribution in [0.5, 0.6) is 0 Å². The molecule has 13 heavy (non-hydrogen) atoms. The van der Waals surface area contributed by atoms with E-state index in [2.05, 4.69) is 46.2 Å². The molecular weight excluding hydrogens is 297 g/mol. The molecule has 3 N–H and O–H groups in total. The van der Waals surface area contributed by atoms with Crippen LogP contribution in [0.3, 0.4) is 0 Å². The van der Waals surface area contributed by atoms with Crippen LogP contribution < -0.4 is 11.1 Å². The molecule has 5 heteroatoms. The lowest BCUT2D eigenvalue weighted by molar-refractivity contribution is 1.46. The summed E-state index contributed by atoms with van der Waals surface area (Å²) < 4.78 is 0.911. The monoisotopic (exact) mass is 303 g/mol. The highest BCUT2D eigenvalue weighted by molar-refractivity contribution is 14.1. The maximum absolute atomic E-state index is 8.73. The van der Waals surface area contributed by atoms with Crippen molar-refractivity contribution in [3.8, 4) is 6.07 Å². The Morgan fingerprint density at radius 3 is 2.85 bits per heavy atom. The summed E-state index contributed by atoms with van der Waals surface area (Å²) >= 11 is 6.77. The zero-order valence-electron chi connectivity index (χ0n) is 6.54. The predicted molar refractivity (Wildman–Crippen MR) is 64.3 cm³/mol. The Hall–Kier alpha value is -0.870. The number of thiocarbonyl (C=S) groups is 1. The van der Waals surface area contributed by atoms with Crippen molar-refractivity contribution in [1.82, 2.24) is 0 Å². The Morgan fingerprint density at radius 1 is 1.62 bits per heavy atom. The normalized spacial score (nSPS) is 8.92. The number of halogens is 1. The molecule has 0 aliphatic rings. The van der Waals surface area contributed by atoms with E-state index in [1.807, 2.05) is 12.1 Å². The topological polar surface area (TPSA) is 61.8 Å². The lowest BCUT2D eigenvalue weighted by atomic mass is 10.2.